The van der Waals surface area contributed by atoms with Crippen LogP contribution < -0.4 is 15.4 Å². The van der Waals surface area contributed by atoms with Gasteiger partial charge in [0.2, 0.25) is 0 Å². The Morgan fingerprint density at radius 1 is 1.22 bits per heavy atom. The van der Waals surface area contributed by atoms with Gasteiger partial charge >= 0.3 is 0 Å². The highest BCUT2D eigenvalue weighted by Crippen LogP contribution is 2.27. The van der Waals surface area contributed by atoms with Crippen LogP contribution in [0.2, 0.25) is 0 Å². The summed E-state index contributed by atoms with van der Waals surface area (Å²) in [6, 6.07) is 10.3. The van der Waals surface area contributed by atoms with Crippen molar-refractivity contribution in [3.63, 3.8) is 0 Å². The summed E-state index contributed by atoms with van der Waals surface area (Å²) in [5.74, 6) is 1.57. The van der Waals surface area contributed by atoms with Crippen LogP contribution in [0.25, 0.3) is 11.1 Å². The van der Waals surface area contributed by atoms with E-state index in [-0.39, 0.29) is 24.0 Å². The van der Waals surface area contributed by atoms with Crippen molar-refractivity contribution in [1.29, 1.82) is 0 Å². The second-order valence-electron chi connectivity index (χ2n) is 7.96. The Hall–Kier alpha value is -1.40. The van der Waals surface area contributed by atoms with Crippen LogP contribution in [0.1, 0.15) is 18.7 Å². The van der Waals surface area contributed by atoms with Gasteiger partial charge in [-0.2, -0.15) is 0 Å². The zero-order chi connectivity index (χ0) is 22.1. The Morgan fingerprint density at radius 2 is 1.94 bits per heavy atom. The SMILES string of the molecule is CCNC(=NCc1cc(-c2ccc(OC)cc2)cs1)NCC(C)(O)CN1CCOCC1.I. The molecule has 3 rings (SSSR count). The van der Waals surface area contributed by atoms with E-state index in [9.17, 15) is 5.11 Å². The summed E-state index contributed by atoms with van der Waals surface area (Å²) >= 11 is 1.70. The van der Waals surface area contributed by atoms with Crippen molar-refractivity contribution in [3.8, 4) is 16.9 Å². The van der Waals surface area contributed by atoms with Crippen molar-refractivity contribution in [1.82, 2.24) is 15.5 Å². The first kappa shape index (κ1) is 26.8. The number of hydrogen-bond acceptors (Lipinski definition) is 6. The molecule has 0 bridgehead atoms. The fraction of sp³-hybridized carbons (Fsp3) is 0.522. The van der Waals surface area contributed by atoms with Crippen LogP contribution in [0.3, 0.4) is 0 Å². The molecule has 0 radical (unpaired) electrons. The van der Waals surface area contributed by atoms with E-state index in [2.05, 4.69) is 39.1 Å². The molecule has 2 aromatic rings. The third-order valence-corrected chi connectivity index (χ3v) is 6.04. The monoisotopic (exact) mass is 574 g/mol. The van der Waals surface area contributed by atoms with Crippen molar-refractivity contribution < 1.29 is 14.6 Å². The van der Waals surface area contributed by atoms with E-state index in [1.54, 1.807) is 18.4 Å². The molecule has 1 aliphatic rings. The molecule has 1 unspecified atom stereocenters. The number of nitrogens with one attached hydrogen (secondary N) is 2. The van der Waals surface area contributed by atoms with Crippen molar-refractivity contribution in [3.05, 3.63) is 40.6 Å². The highest BCUT2D eigenvalue weighted by atomic mass is 127. The second kappa shape index (κ2) is 13.3. The third kappa shape index (κ3) is 8.51. The number of morpholine rings is 1. The summed E-state index contributed by atoms with van der Waals surface area (Å²) < 4.78 is 10.6. The number of ether oxygens (including phenoxy) is 2. The van der Waals surface area contributed by atoms with Gasteiger partial charge in [0.1, 0.15) is 5.75 Å². The number of thiophene rings is 1. The van der Waals surface area contributed by atoms with Gasteiger partial charge in [-0.3, -0.25) is 4.90 Å². The first-order chi connectivity index (χ1) is 15.0. The van der Waals surface area contributed by atoms with Gasteiger partial charge in [0.05, 0.1) is 32.5 Å². The highest BCUT2D eigenvalue weighted by Gasteiger charge is 2.25. The quantitative estimate of drug-likeness (QED) is 0.243. The molecule has 1 aromatic carbocycles. The molecule has 0 amide bonds. The van der Waals surface area contributed by atoms with E-state index in [1.807, 2.05) is 26.0 Å². The van der Waals surface area contributed by atoms with Crippen LogP contribution in [0.4, 0.5) is 0 Å². The fourth-order valence-electron chi connectivity index (χ4n) is 3.47. The van der Waals surface area contributed by atoms with Crippen LogP contribution in [-0.2, 0) is 11.3 Å². The lowest BCUT2D eigenvalue weighted by Gasteiger charge is -2.34. The lowest BCUT2D eigenvalue weighted by molar-refractivity contribution is -0.0201. The number of methoxy groups -OCH3 is 1. The Kier molecular flexibility index (Phi) is 11.2. The van der Waals surface area contributed by atoms with Gasteiger partial charge in [0.15, 0.2) is 5.96 Å². The van der Waals surface area contributed by atoms with Crippen molar-refractivity contribution in [2.24, 2.45) is 4.99 Å². The number of β-amino-alcohol motifs (C(OH)–C–C–N with tert-alkyl or cyclic N) is 1. The summed E-state index contributed by atoms with van der Waals surface area (Å²) in [5, 5.41) is 19.5. The number of halogens is 1. The lowest BCUT2D eigenvalue weighted by atomic mass is 10.1. The average molecular weight is 575 g/mol. The van der Waals surface area contributed by atoms with Crippen LogP contribution in [0, 0.1) is 0 Å². The molecule has 1 atom stereocenters. The summed E-state index contributed by atoms with van der Waals surface area (Å²) in [6.45, 7) is 9.46. The first-order valence-corrected chi connectivity index (χ1v) is 11.6. The molecule has 0 aliphatic carbocycles. The van der Waals surface area contributed by atoms with Gasteiger partial charge in [0, 0.05) is 37.6 Å². The van der Waals surface area contributed by atoms with E-state index < -0.39 is 5.60 Å². The minimum absolute atomic E-state index is 0. The Labute approximate surface area is 212 Å². The van der Waals surface area contributed by atoms with Gasteiger partial charge in [0.25, 0.3) is 0 Å². The van der Waals surface area contributed by atoms with Crippen molar-refractivity contribution in [2.45, 2.75) is 26.0 Å². The van der Waals surface area contributed by atoms with Crippen LogP contribution in [-0.4, -0.2) is 74.6 Å². The molecule has 32 heavy (non-hydrogen) atoms. The molecule has 0 spiro atoms. The van der Waals surface area contributed by atoms with Crippen LogP contribution in [0.15, 0.2) is 40.7 Å². The smallest absolute Gasteiger partial charge is 0.191 e. The predicted octanol–water partition coefficient (Wildman–Crippen LogP) is 3.18. The second-order valence-corrected chi connectivity index (χ2v) is 8.96. The molecule has 3 N–H and O–H groups in total. The van der Waals surface area contributed by atoms with Gasteiger partial charge in [-0.25, -0.2) is 4.99 Å². The Balaban J connectivity index is 0.00000363. The number of aliphatic hydroxyl groups is 1. The molecule has 1 fully saturated rings. The predicted molar refractivity (Wildman–Crippen MR) is 142 cm³/mol. The molecule has 7 nitrogen and oxygen atoms in total. The first-order valence-electron chi connectivity index (χ1n) is 10.8. The van der Waals surface area contributed by atoms with Crippen molar-refractivity contribution in [2.75, 3.05) is 53.0 Å². The highest BCUT2D eigenvalue weighted by molar-refractivity contribution is 14.0. The van der Waals surface area contributed by atoms with Crippen LogP contribution in [0.5, 0.6) is 5.75 Å². The Morgan fingerprint density at radius 3 is 2.59 bits per heavy atom. The molecular formula is C23H35IN4O3S. The summed E-state index contributed by atoms with van der Waals surface area (Å²) in [6.07, 6.45) is 0. The van der Waals surface area contributed by atoms with Gasteiger partial charge in [-0.05, 0) is 48.6 Å². The minimum atomic E-state index is -0.849. The average Bonchev–Trinajstić information content (AvgIpc) is 3.25. The zero-order valence-electron chi connectivity index (χ0n) is 19.1. The molecule has 178 valence electrons. The standard InChI is InChI=1S/C23H34N4O3S.HI/c1-4-24-22(26-16-23(2,28)17-27-9-11-30-12-10-27)25-14-21-13-19(15-31-21)18-5-7-20(29-3)8-6-18;/h5-8,13,15,28H,4,9-12,14,16-17H2,1-3H3,(H2,24,25,26);1H. The van der Waals surface area contributed by atoms with Gasteiger partial charge < -0.3 is 25.2 Å². The molecule has 2 heterocycles. The molecule has 0 saturated carbocycles. The minimum Gasteiger partial charge on any atom is -0.497 e. The van der Waals surface area contributed by atoms with E-state index >= 15 is 0 Å². The number of rotatable bonds is 9. The van der Waals surface area contributed by atoms with Crippen molar-refractivity contribution >= 4 is 41.3 Å². The number of guanidine groups is 1. The van der Waals surface area contributed by atoms with Gasteiger partial charge in [-0.15, -0.1) is 35.3 Å². The molecular weight excluding hydrogens is 539 g/mol. The van der Waals surface area contributed by atoms with Gasteiger partial charge in [-0.1, -0.05) is 12.1 Å². The fourth-order valence-corrected chi connectivity index (χ4v) is 4.28. The topological polar surface area (TPSA) is 78.4 Å². The molecule has 9 heteroatoms. The molecule has 1 saturated heterocycles. The van der Waals surface area contributed by atoms with Crippen LogP contribution >= 0.6 is 35.3 Å². The maximum atomic E-state index is 10.8. The summed E-state index contributed by atoms with van der Waals surface area (Å²) in [5.41, 5.74) is 1.50. The Bertz CT molecular complexity index is 836. The summed E-state index contributed by atoms with van der Waals surface area (Å²) in [7, 11) is 1.67. The number of aliphatic imine (C=N–C) groups is 1. The summed E-state index contributed by atoms with van der Waals surface area (Å²) in [4.78, 5) is 8.13. The van der Waals surface area contributed by atoms with E-state index in [4.69, 9.17) is 14.5 Å². The number of benzene rings is 1. The van der Waals surface area contributed by atoms with E-state index in [0.29, 0.717) is 25.6 Å². The van der Waals surface area contributed by atoms with E-state index in [0.717, 1.165) is 44.2 Å². The molecule has 1 aromatic heterocycles. The maximum absolute atomic E-state index is 10.8. The third-order valence-electron chi connectivity index (χ3n) is 5.12. The molecule has 1 aliphatic heterocycles. The number of nitrogens with zero attached hydrogens (tertiary/aromatic N) is 2. The lowest BCUT2D eigenvalue weighted by Crippen LogP contribution is -2.52. The number of hydrogen-bond donors (Lipinski definition) is 3. The largest absolute Gasteiger partial charge is 0.497 e. The maximum Gasteiger partial charge on any atom is 0.191 e. The normalized spacial score (nSPS) is 16.7. The zero-order valence-corrected chi connectivity index (χ0v) is 22.2. The van der Waals surface area contributed by atoms with E-state index in [1.165, 1.54) is 10.4 Å².